The van der Waals surface area contributed by atoms with E-state index in [1.807, 2.05) is 25.2 Å². The molecule has 0 spiro atoms. The first-order valence-corrected chi connectivity index (χ1v) is 6.45. The lowest BCUT2D eigenvalue weighted by atomic mass is 10.0. The first-order chi connectivity index (χ1) is 7.74. The number of rotatable bonds is 3. The van der Waals surface area contributed by atoms with Crippen molar-refractivity contribution in [2.24, 2.45) is 0 Å². The van der Waals surface area contributed by atoms with Crippen molar-refractivity contribution in [1.29, 1.82) is 0 Å². The van der Waals surface area contributed by atoms with Gasteiger partial charge in [0.15, 0.2) is 0 Å². The van der Waals surface area contributed by atoms with Crippen molar-refractivity contribution in [2.75, 3.05) is 7.05 Å². The normalized spacial score (nSPS) is 12.7. The lowest BCUT2D eigenvalue weighted by Gasteiger charge is -2.17. The van der Waals surface area contributed by atoms with Crippen molar-refractivity contribution in [3.8, 4) is 0 Å². The fourth-order valence-electron chi connectivity index (χ4n) is 1.82. The molecule has 3 heteroatoms. The lowest BCUT2D eigenvalue weighted by Crippen LogP contribution is -2.17. The molecule has 0 aliphatic heterocycles. The molecule has 1 nitrogen and oxygen atoms in total. The van der Waals surface area contributed by atoms with E-state index in [1.54, 1.807) is 11.3 Å². The Bertz CT molecular complexity index is 478. The maximum atomic E-state index is 6.23. The van der Waals surface area contributed by atoms with Crippen LogP contribution in [0, 0.1) is 6.92 Å². The standard InChI is InChI=1S/C13H14ClNS/c1-9-7-8-16-13(9)12(15-2)10-5-3-4-6-11(10)14/h3-8,12,15H,1-2H3. The van der Waals surface area contributed by atoms with E-state index in [2.05, 4.69) is 29.8 Å². The summed E-state index contributed by atoms with van der Waals surface area (Å²) in [6.45, 7) is 2.13. The number of benzene rings is 1. The predicted molar refractivity (Wildman–Crippen MR) is 71.4 cm³/mol. The van der Waals surface area contributed by atoms with Crippen molar-refractivity contribution < 1.29 is 0 Å². The molecule has 0 fully saturated rings. The van der Waals surface area contributed by atoms with Gasteiger partial charge in [0.25, 0.3) is 0 Å². The highest BCUT2D eigenvalue weighted by atomic mass is 35.5. The van der Waals surface area contributed by atoms with Crippen LogP contribution in [0.15, 0.2) is 35.7 Å². The highest BCUT2D eigenvalue weighted by Crippen LogP contribution is 2.32. The van der Waals surface area contributed by atoms with E-state index < -0.39 is 0 Å². The Morgan fingerprint density at radius 3 is 2.56 bits per heavy atom. The topological polar surface area (TPSA) is 12.0 Å². The van der Waals surface area contributed by atoms with Crippen LogP contribution in [-0.4, -0.2) is 7.05 Å². The fraction of sp³-hybridized carbons (Fsp3) is 0.231. The Labute approximate surface area is 105 Å². The van der Waals surface area contributed by atoms with Crippen LogP contribution in [0.5, 0.6) is 0 Å². The molecule has 84 valence electrons. The van der Waals surface area contributed by atoms with Gasteiger partial charge in [0.2, 0.25) is 0 Å². The van der Waals surface area contributed by atoms with Crippen molar-refractivity contribution in [1.82, 2.24) is 5.32 Å². The van der Waals surface area contributed by atoms with E-state index in [9.17, 15) is 0 Å². The maximum absolute atomic E-state index is 6.23. The number of thiophene rings is 1. The molecule has 1 heterocycles. The van der Waals surface area contributed by atoms with Crippen LogP contribution in [0.3, 0.4) is 0 Å². The van der Waals surface area contributed by atoms with E-state index in [-0.39, 0.29) is 6.04 Å². The van der Waals surface area contributed by atoms with Gasteiger partial charge in [-0.2, -0.15) is 0 Å². The number of aryl methyl sites for hydroxylation is 1. The molecule has 2 aromatic rings. The largest absolute Gasteiger partial charge is 0.309 e. The summed E-state index contributed by atoms with van der Waals surface area (Å²) in [7, 11) is 1.97. The molecule has 1 unspecified atom stereocenters. The third kappa shape index (κ3) is 2.14. The van der Waals surface area contributed by atoms with Gasteiger partial charge < -0.3 is 5.32 Å². The summed E-state index contributed by atoms with van der Waals surface area (Å²) in [6.07, 6.45) is 0. The van der Waals surface area contributed by atoms with Gasteiger partial charge in [0.05, 0.1) is 6.04 Å². The smallest absolute Gasteiger partial charge is 0.0685 e. The third-order valence-electron chi connectivity index (χ3n) is 2.67. The fourth-order valence-corrected chi connectivity index (χ4v) is 3.12. The summed E-state index contributed by atoms with van der Waals surface area (Å²) in [5.41, 5.74) is 2.45. The Balaban J connectivity index is 2.45. The molecule has 16 heavy (non-hydrogen) atoms. The van der Waals surface area contributed by atoms with Crippen LogP contribution >= 0.6 is 22.9 Å². The van der Waals surface area contributed by atoms with E-state index >= 15 is 0 Å². The van der Waals surface area contributed by atoms with E-state index in [0.717, 1.165) is 10.6 Å². The maximum Gasteiger partial charge on any atom is 0.0685 e. The molecule has 1 aromatic heterocycles. The number of hydrogen-bond donors (Lipinski definition) is 1. The van der Waals surface area contributed by atoms with E-state index in [1.165, 1.54) is 10.4 Å². The van der Waals surface area contributed by atoms with Gasteiger partial charge in [0.1, 0.15) is 0 Å². The lowest BCUT2D eigenvalue weighted by molar-refractivity contribution is 0.700. The molecule has 0 saturated carbocycles. The second-order valence-corrected chi connectivity index (χ2v) is 5.07. The minimum Gasteiger partial charge on any atom is -0.309 e. The molecule has 0 radical (unpaired) electrons. The van der Waals surface area contributed by atoms with Crippen LogP contribution in [0.1, 0.15) is 22.0 Å². The van der Waals surface area contributed by atoms with Crippen LogP contribution in [0.4, 0.5) is 0 Å². The van der Waals surface area contributed by atoms with Crippen molar-refractivity contribution in [3.05, 3.63) is 56.7 Å². The molecular weight excluding hydrogens is 238 g/mol. The van der Waals surface area contributed by atoms with Crippen molar-refractivity contribution in [2.45, 2.75) is 13.0 Å². The summed E-state index contributed by atoms with van der Waals surface area (Å²) in [4.78, 5) is 1.33. The molecule has 0 bridgehead atoms. The first kappa shape index (κ1) is 11.6. The summed E-state index contributed by atoms with van der Waals surface area (Å²) >= 11 is 8.00. The Morgan fingerprint density at radius 2 is 2.00 bits per heavy atom. The van der Waals surface area contributed by atoms with Crippen LogP contribution in [0.25, 0.3) is 0 Å². The number of nitrogens with one attached hydrogen (secondary N) is 1. The second kappa shape index (κ2) is 5.00. The van der Waals surface area contributed by atoms with Crippen molar-refractivity contribution >= 4 is 22.9 Å². The Morgan fingerprint density at radius 1 is 1.25 bits per heavy atom. The van der Waals surface area contributed by atoms with Gasteiger partial charge in [0, 0.05) is 9.90 Å². The average Bonchev–Trinajstić information content (AvgIpc) is 2.69. The van der Waals surface area contributed by atoms with Crippen molar-refractivity contribution in [3.63, 3.8) is 0 Å². The SMILES string of the molecule is CNC(c1ccccc1Cl)c1sccc1C. The quantitative estimate of drug-likeness (QED) is 0.869. The minimum absolute atomic E-state index is 0.189. The molecule has 1 N–H and O–H groups in total. The van der Waals surface area contributed by atoms with Crippen LogP contribution in [0.2, 0.25) is 5.02 Å². The summed E-state index contributed by atoms with van der Waals surface area (Å²) in [5.74, 6) is 0. The summed E-state index contributed by atoms with van der Waals surface area (Å²) in [6, 6.07) is 10.3. The van der Waals surface area contributed by atoms with E-state index in [0.29, 0.717) is 0 Å². The third-order valence-corrected chi connectivity index (χ3v) is 4.10. The molecule has 0 amide bonds. The second-order valence-electron chi connectivity index (χ2n) is 3.71. The zero-order chi connectivity index (χ0) is 11.5. The highest BCUT2D eigenvalue weighted by molar-refractivity contribution is 7.10. The average molecular weight is 252 g/mol. The van der Waals surface area contributed by atoms with Gasteiger partial charge >= 0.3 is 0 Å². The van der Waals surface area contributed by atoms with Gasteiger partial charge in [-0.25, -0.2) is 0 Å². The Kier molecular flexibility index (Phi) is 3.64. The summed E-state index contributed by atoms with van der Waals surface area (Å²) in [5, 5.41) is 6.26. The van der Waals surface area contributed by atoms with Crippen LogP contribution < -0.4 is 5.32 Å². The molecule has 0 saturated heterocycles. The molecule has 1 atom stereocenters. The van der Waals surface area contributed by atoms with Gasteiger partial charge in [-0.05, 0) is 42.6 Å². The monoisotopic (exact) mass is 251 g/mol. The molecule has 2 rings (SSSR count). The van der Waals surface area contributed by atoms with Gasteiger partial charge in [-0.1, -0.05) is 29.8 Å². The molecule has 0 aliphatic rings. The minimum atomic E-state index is 0.189. The molecular formula is C13H14ClNS. The summed E-state index contributed by atoms with van der Waals surface area (Å²) < 4.78 is 0. The molecule has 0 aliphatic carbocycles. The first-order valence-electron chi connectivity index (χ1n) is 5.19. The zero-order valence-corrected chi connectivity index (χ0v) is 10.9. The predicted octanol–water partition coefficient (Wildman–Crippen LogP) is 4.02. The number of hydrogen-bond acceptors (Lipinski definition) is 2. The Hall–Kier alpha value is -0.830. The highest BCUT2D eigenvalue weighted by Gasteiger charge is 2.17. The molecule has 1 aromatic carbocycles. The van der Waals surface area contributed by atoms with Gasteiger partial charge in [-0.15, -0.1) is 11.3 Å². The van der Waals surface area contributed by atoms with E-state index in [4.69, 9.17) is 11.6 Å². The van der Waals surface area contributed by atoms with Gasteiger partial charge in [-0.3, -0.25) is 0 Å². The van der Waals surface area contributed by atoms with Crippen LogP contribution in [-0.2, 0) is 0 Å². The zero-order valence-electron chi connectivity index (χ0n) is 9.33. The number of halogens is 1.